The Kier molecular flexibility index (Phi) is 4.31. The van der Waals surface area contributed by atoms with Crippen molar-refractivity contribution in [3.05, 3.63) is 29.8 Å². The van der Waals surface area contributed by atoms with Crippen LogP contribution >= 0.6 is 11.8 Å². The topological polar surface area (TPSA) is 33.6 Å². The maximum absolute atomic E-state index is 5.13. The summed E-state index contributed by atoms with van der Waals surface area (Å²) in [6, 6.07) is 8.21. The Morgan fingerprint density at radius 2 is 2.18 bits per heavy atom. The summed E-state index contributed by atoms with van der Waals surface area (Å²) >= 11 is 1.83. The minimum Gasteiger partial charge on any atom is -0.497 e. The number of hydrogen-bond donors (Lipinski definition) is 1. The molecule has 1 aromatic rings. The van der Waals surface area contributed by atoms with E-state index in [9.17, 15) is 0 Å². The second-order valence-corrected chi connectivity index (χ2v) is 5.53. The number of nitrogens with one attached hydrogen (secondary N) is 1. The van der Waals surface area contributed by atoms with Crippen molar-refractivity contribution in [2.75, 3.05) is 20.2 Å². The molecule has 0 saturated carbocycles. The standard InChI is InChI=1S/C13H18N2OS/c1-10-9-15-13(17-10)14-8-7-11-3-5-12(16-2)6-4-11/h3-6,10H,7-9H2,1-2H3,(H,14,15)/t10-/m0/s1. The maximum Gasteiger partial charge on any atom is 0.156 e. The highest BCUT2D eigenvalue weighted by molar-refractivity contribution is 8.14. The first-order chi connectivity index (χ1) is 8.28. The van der Waals surface area contributed by atoms with Crippen LogP contribution in [-0.4, -0.2) is 30.6 Å². The van der Waals surface area contributed by atoms with E-state index in [0.717, 1.165) is 30.4 Å². The third-order valence-electron chi connectivity index (χ3n) is 2.65. The van der Waals surface area contributed by atoms with E-state index in [-0.39, 0.29) is 0 Å². The molecule has 0 aromatic heterocycles. The molecule has 1 heterocycles. The van der Waals surface area contributed by atoms with Crippen LogP contribution in [0.3, 0.4) is 0 Å². The van der Waals surface area contributed by atoms with E-state index in [1.807, 2.05) is 23.9 Å². The zero-order valence-electron chi connectivity index (χ0n) is 10.3. The average molecular weight is 250 g/mol. The summed E-state index contributed by atoms with van der Waals surface area (Å²) in [5, 5.41) is 5.08. The molecule has 0 aliphatic carbocycles. The Bertz CT molecular complexity index is 389. The fourth-order valence-electron chi connectivity index (χ4n) is 1.68. The van der Waals surface area contributed by atoms with Gasteiger partial charge in [-0.3, -0.25) is 4.99 Å². The highest BCUT2D eigenvalue weighted by Gasteiger charge is 2.13. The smallest absolute Gasteiger partial charge is 0.156 e. The molecular weight excluding hydrogens is 232 g/mol. The van der Waals surface area contributed by atoms with Gasteiger partial charge in [-0.05, 0) is 24.1 Å². The van der Waals surface area contributed by atoms with Crippen LogP contribution in [0.25, 0.3) is 0 Å². The van der Waals surface area contributed by atoms with Crippen molar-refractivity contribution >= 4 is 16.9 Å². The molecule has 0 spiro atoms. The van der Waals surface area contributed by atoms with Crippen LogP contribution in [0.15, 0.2) is 29.3 Å². The number of amidine groups is 1. The predicted molar refractivity (Wildman–Crippen MR) is 74.1 cm³/mol. The SMILES string of the molecule is COc1ccc(CCNC2=NC[C@H](C)S2)cc1. The number of thioether (sulfide) groups is 1. The van der Waals surface area contributed by atoms with Crippen molar-refractivity contribution in [2.24, 2.45) is 4.99 Å². The molecule has 0 unspecified atom stereocenters. The Hall–Kier alpha value is -1.16. The van der Waals surface area contributed by atoms with Crippen LogP contribution in [0, 0.1) is 0 Å². The summed E-state index contributed by atoms with van der Waals surface area (Å²) in [7, 11) is 1.69. The minimum absolute atomic E-state index is 0.624. The normalized spacial score (nSPS) is 18.9. The van der Waals surface area contributed by atoms with Gasteiger partial charge in [0.15, 0.2) is 5.17 Å². The van der Waals surface area contributed by atoms with E-state index in [2.05, 4.69) is 29.4 Å². The quantitative estimate of drug-likeness (QED) is 0.890. The van der Waals surface area contributed by atoms with Crippen LogP contribution in [-0.2, 0) is 6.42 Å². The van der Waals surface area contributed by atoms with E-state index in [1.165, 1.54) is 5.56 Å². The molecule has 0 bridgehead atoms. The molecular formula is C13H18N2OS. The van der Waals surface area contributed by atoms with Gasteiger partial charge in [-0.15, -0.1) is 0 Å². The average Bonchev–Trinajstić information content (AvgIpc) is 2.76. The second-order valence-electron chi connectivity index (χ2n) is 4.10. The summed E-state index contributed by atoms with van der Waals surface area (Å²) in [6.07, 6.45) is 1.01. The molecule has 4 heteroatoms. The summed E-state index contributed by atoms with van der Waals surface area (Å²) in [5.41, 5.74) is 1.31. The largest absolute Gasteiger partial charge is 0.497 e. The van der Waals surface area contributed by atoms with Crippen molar-refractivity contribution in [1.82, 2.24) is 5.32 Å². The molecule has 0 fully saturated rings. The molecule has 17 heavy (non-hydrogen) atoms. The lowest BCUT2D eigenvalue weighted by atomic mass is 10.1. The molecule has 1 atom stereocenters. The van der Waals surface area contributed by atoms with Crippen molar-refractivity contribution in [1.29, 1.82) is 0 Å². The zero-order chi connectivity index (χ0) is 12.1. The maximum atomic E-state index is 5.13. The molecule has 0 amide bonds. The van der Waals surface area contributed by atoms with Gasteiger partial charge in [0, 0.05) is 11.8 Å². The molecule has 1 aliphatic heterocycles. The van der Waals surface area contributed by atoms with Gasteiger partial charge in [-0.2, -0.15) is 0 Å². The van der Waals surface area contributed by atoms with Crippen molar-refractivity contribution < 1.29 is 4.74 Å². The molecule has 92 valence electrons. The highest BCUT2D eigenvalue weighted by Crippen LogP contribution is 2.18. The Morgan fingerprint density at radius 3 is 2.76 bits per heavy atom. The molecule has 0 radical (unpaired) electrons. The highest BCUT2D eigenvalue weighted by atomic mass is 32.2. The summed E-state index contributed by atoms with van der Waals surface area (Å²) in [6.45, 7) is 4.08. The first-order valence-electron chi connectivity index (χ1n) is 5.86. The number of benzene rings is 1. The fourth-order valence-corrected chi connectivity index (χ4v) is 2.54. The molecule has 1 N–H and O–H groups in total. The molecule has 3 nitrogen and oxygen atoms in total. The van der Waals surface area contributed by atoms with E-state index in [4.69, 9.17) is 4.74 Å². The van der Waals surface area contributed by atoms with Gasteiger partial charge in [-0.25, -0.2) is 0 Å². The Labute approximate surface area is 107 Å². The number of rotatable bonds is 4. The van der Waals surface area contributed by atoms with Crippen LogP contribution in [0.2, 0.25) is 0 Å². The van der Waals surface area contributed by atoms with Gasteiger partial charge in [0.2, 0.25) is 0 Å². The third kappa shape index (κ3) is 3.66. The molecule has 2 rings (SSSR count). The summed E-state index contributed by atoms with van der Waals surface area (Å²) in [5.74, 6) is 0.909. The number of nitrogens with zero attached hydrogens (tertiary/aromatic N) is 1. The number of methoxy groups -OCH3 is 1. The second kappa shape index (κ2) is 5.96. The van der Waals surface area contributed by atoms with Crippen LogP contribution < -0.4 is 10.1 Å². The fraction of sp³-hybridized carbons (Fsp3) is 0.462. The van der Waals surface area contributed by atoms with E-state index in [0.29, 0.717) is 5.25 Å². The number of hydrogen-bond acceptors (Lipinski definition) is 4. The van der Waals surface area contributed by atoms with Gasteiger partial charge in [0.25, 0.3) is 0 Å². The van der Waals surface area contributed by atoms with E-state index in [1.54, 1.807) is 7.11 Å². The first-order valence-corrected chi connectivity index (χ1v) is 6.74. The lowest BCUT2D eigenvalue weighted by Crippen LogP contribution is -2.22. The lowest BCUT2D eigenvalue weighted by molar-refractivity contribution is 0.414. The van der Waals surface area contributed by atoms with Gasteiger partial charge in [0.1, 0.15) is 5.75 Å². The van der Waals surface area contributed by atoms with Crippen molar-refractivity contribution in [3.63, 3.8) is 0 Å². The lowest BCUT2D eigenvalue weighted by Gasteiger charge is -2.06. The zero-order valence-corrected chi connectivity index (χ0v) is 11.1. The number of ether oxygens (including phenoxy) is 1. The van der Waals surface area contributed by atoms with Gasteiger partial charge >= 0.3 is 0 Å². The molecule has 0 saturated heterocycles. The van der Waals surface area contributed by atoms with Gasteiger partial charge in [0.05, 0.1) is 13.7 Å². The molecule has 1 aliphatic rings. The Balaban J connectivity index is 1.74. The van der Waals surface area contributed by atoms with Gasteiger partial charge < -0.3 is 10.1 Å². The van der Waals surface area contributed by atoms with Crippen LogP contribution in [0.4, 0.5) is 0 Å². The van der Waals surface area contributed by atoms with Gasteiger partial charge in [-0.1, -0.05) is 30.8 Å². The third-order valence-corrected chi connectivity index (χ3v) is 3.70. The summed E-state index contributed by atoms with van der Waals surface area (Å²) < 4.78 is 5.13. The monoisotopic (exact) mass is 250 g/mol. The van der Waals surface area contributed by atoms with E-state index < -0.39 is 0 Å². The van der Waals surface area contributed by atoms with Crippen molar-refractivity contribution in [3.8, 4) is 5.75 Å². The predicted octanol–water partition coefficient (Wildman–Crippen LogP) is 2.32. The Morgan fingerprint density at radius 1 is 1.41 bits per heavy atom. The van der Waals surface area contributed by atoms with Crippen molar-refractivity contribution in [2.45, 2.75) is 18.6 Å². The van der Waals surface area contributed by atoms with E-state index >= 15 is 0 Å². The van der Waals surface area contributed by atoms with Crippen LogP contribution in [0.5, 0.6) is 5.75 Å². The summed E-state index contributed by atoms with van der Waals surface area (Å²) in [4.78, 5) is 4.42. The first kappa shape index (κ1) is 12.3. The van der Waals surface area contributed by atoms with Crippen LogP contribution in [0.1, 0.15) is 12.5 Å². The number of aliphatic imine (C=N–C) groups is 1. The minimum atomic E-state index is 0.624. The molecule has 1 aromatic carbocycles.